The smallest absolute Gasteiger partial charge is 0.202 e. The first kappa shape index (κ1) is 13.8. The van der Waals surface area contributed by atoms with Crippen LogP contribution in [0.5, 0.6) is 0 Å². The van der Waals surface area contributed by atoms with E-state index in [-0.39, 0.29) is 0 Å². The minimum Gasteiger partial charge on any atom is -0.444 e. The molecule has 0 atom stereocenters. The van der Waals surface area contributed by atoms with Crippen LogP contribution in [-0.4, -0.2) is 14.3 Å². The van der Waals surface area contributed by atoms with Crippen LogP contribution in [0.25, 0.3) is 11.3 Å². The van der Waals surface area contributed by atoms with Gasteiger partial charge in [-0.15, -0.1) is 0 Å². The summed E-state index contributed by atoms with van der Waals surface area (Å²) in [6, 6.07) is 8.16. The van der Waals surface area contributed by atoms with Crippen molar-refractivity contribution in [3.8, 4) is 11.3 Å². The van der Waals surface area contributed by atoms with Crippen LogP contribution in [0.2, 0.25) is 0 Å². The number of nitrogens with one attached hydrogen (secondary N) is 1. The third-order valence-electron chi connectivity index (χ3n) is 3.05. The van der Waals surface area contributed by atoms with Crippen molar-refractivity contribution in [1.82, 2.24) is 14.3 Å². The van der Waals surface area contributed by atoms with Crippen LogP contribution in [0.4, 0.5) is 5.13 Å². The molecule has 0 saturated heterocycles. The van der Waals surface area contributed by atoms with Gasteiger partial charge >= 0.3 is 0 Å². The van der Waals surface area contributed by atoms with E-state index in [2.05, 4.69) is 45.6 Å². The molecule has 0 saturated carbocycles. The fourth-order valence-electron chi connectivity index (χ4n) is 1.91. The van der Waals surface area contributed by atoms with Crippen LogP contribution in [0.3, 0.4) is 0 Å². The van der Waals surface area contributed by atoms with Gasteiger partial charge in [0.1, 0.15) is 5.82 Å². The second kappa shape index (κ2) is 6.05. The summed E-state index contributed by atoms with van der Waals surface area (Å²) in [5.74, 6) is 2.01. The van der Waals surface area contributed by atoms with Crippen LogP contribution in [0.15, 0.2) is 41.3 Å². The Morgan fingerprint density at radius 1 is 1.33 bits per heavy atom. The maximum absolute atomic E-state index is 5.32. The van der Waals surface area contributed by atoms with Gasteiger partial charge in [0.25, 0.3) is 0 Å². The molecule has 3 rings (SSSR count). The Hall–Kier alpha value is -2.21. The van der Waals surface area contributed by atoms with E-state index in [1.807, 2.05) is 12.1 Å². The zero-order valence-electron chi connectivity index (χ0n) is 11.9. The van der Waals surface area contributed by atoms with Crippen LogP contribution in [-0.2, 0) is 6.54 Å². The summed E-state index contributed by atoms with van der Waals surface area (Å²) in [7, 11) is 0. The fourth-order valence-corrected chi connectivity index (χ4v) is 2.61. The van der Waals surface area contributed by atoms with Gasteiger partial charge in [-0.3, -0.25) is 0 Å². The van der Waals surface area contributed by atoms with E-state index in [9.17, 15) is 0 Å². The number of nitrogens with zero attached hydrogens (tertiary/aromatic N) is 3. The lowest BCUT2D eigenvalue weighted by Crippen LogP contribution is -1.99. The Labute approximate surface area is 127 Å². The Kier molecular flexibility index (Phi) is 3.96. The first-order valence-electron chi connectivity index (χ1n) is 6.77. The van der Waals surface area contributed by atoms with Gasteiger partial charge in [0.05, 0.1) is 6.20 Å². The average molecular weight is 300 g/mol. The maximum atomic E-state index is 5.32. The minimum atomic E-state index is 0.353. The molecule has 2 heterocycles. The molecule has 1 N–H and O–H groups in total. The van der Waals surface area contributed by atoms with Crippen LogP contribution in [0.1, 0.15) is 31.2 Å². The van der Waals surface area contributed by atoms with Crippen molar-refractivity contribution in [2.75, 3.05) is 5.32 Å². The molecule has 0 aliphatic carbocycles. The molecule has 0 amide bonds. The molecule has 1 aromatic carbocycles. The molecule has 0 aliphatic rings. The summed E-state index contributed by atoms with van der Waals surface area (Å²) >= 11 is 1.40. The normalized spacial score (nSPS) is 11.0. The van der Waals surface area contributed by atoms with E-state index in [1.54, 1.807) is 6.20 Å². The molecule has 0 radical (unpaired) electrons. The summed E-state index contributed by atoms with van der Waals surface area (Å²) in [5, 5.41) is 4.16. The highest BCUT2D eigenvalue weighted by molar-refractivity contribution is 7.09. The monoisotopic (exact) mass is 300 g/mol. The van der Waals surface area contributed by atoms with Gasteiger partial charge in [0.15, 0.2) is 12.2 Å². The summed E-state index contributed by atoms with van der Waals surface area (Å²) in [6.07, 6.45) is 3.15. The number of aromatic nitrogens is 3. The molecular weight excluding hydrogens is 284 g/mol. The lowest BCUT2D eigenvalue weighted by Gasteiger charge is -2.04. The van der Waals surface area contributed by atoms with Crippen LogP contribution < -0.4 is 5.32 Å². The number of hydrogen-bond acceptors (Lipinski definition) is 6. The van der Waals surface area contributed by atoms with Crippen LogP contribution in [0, 0.1) is 0 Å². The molecule has 0 aliphatic heterocycles. The largest absolute Gasteiger partial charge is 0.444 e. The maximum Gasteiger partial charge on any atom is 0.202 e. The van der Waals surface area contributed by atoms with Crippen molar-refractivity contribution in [3.05, 3.63) is 48.2 Å². The molecule has 2 aromatic heterocycles. The summed E-state index contributed by atoms with van der Waals surface area (Å²) in [4.78, 5) is 8.41. The van der Waals surface area contributed by atoms with Crippen molar-refractivity contribution in [3.63, 3.8) is 0 Å². The first-order chi connectivity index (χ1) is 10.2. The van der Waals surface area contributed by atoms with Gasteiger partial charge in [-0.05, 0) is 11.6 Å². The second-order valence-electron chi connectivity index (χ2n) is 5.03. The molecule has 108 valence electrons. The van der Waals surface area contributed by atoms with Crippen molar-refractivity contribution >= 4 is 16.7 Å². The molecule has 5 nitrogen and oxygen atoms in total. The molecule has 3 aromatic rings. The van der Waals surface area contributed by atoms with Gasteiger partial charge in [0, 0.05) is 29.6 Å². The third-order valence-corrected chi connectivity index (χ3v) is 3.73. The zero-order chi connectivity index (χ0) is 14.7. The standard InChI is InChI=1S/C15H16N4OS/c1-10(2)14-18-15(21-19-14)17-7-11-4-3-5-12(6-11)13-8-16-9-20-13/h3-6,8-10H,7H2,1-2H3,(H,17,18,19). The predicted molar refractivity (Wildman–Crippen MR) is 83.3 cm³/mol. The average Bonchev–Trinajstić information content (AvgIpc) is 3.17. The summed E-state index contributed by atoms with van der Waals surface area (Å²) in [6.45, 7) is 4.88. The number of oxazole rings is 1. The zero-order valence-corrected chi connectivity index (χ0v) is 12.7. The quantitative estimate of drug-likeness (QED) is 0.773. The van der Waals surface area contributed by atoms with Gasteiger partial charge in [0.2, 0.25) is 5.13 Å². The lowest BCUT2D eigenvalue weighted by molar-refractivity contribution is 0.572. The van der Waals surface area contributed by atoms with Gasteiger partial charge in [-0.2, -0.15) is 4.37 Å². The topological polar surface area (TPSA) is 63.8 Å². The van der Waals surface area contributed by atoms with E-state index in [1.165, 1.54) is 17.9 Å². The Bertz CT molecular complexity index is 706. The first-order valence-corrected chi connectivity index (χ1v) is 7.55. The molecule has 21 heavy (non-hydrogen) atoms. The van der Waals surface area contributed by atoms with Gasteiger partial charge < -0.3 is 9.73 Å². The van der Waals surface area contributed by atoms with E-state index in [0.29, 0.717) is 12.5 Å². The molecule has 6 heteroatoms. The van der Waals surface area contributed by atoms with Crippen LogP contribution >= 0.6 is 11.5 Å². The Morgan fingerprint density at radius 2 is 2.24 bits per heavy atom. The SMILES string of the molecule is CC(C)c1nsc(NCc2cccc(-c3cnco3)c2)n1. The Balaban J connectivity index is 1.69. The highest BCUT2D eigenvalue weighted by Crippen LogP contribution is 2.21. The van der Waals surface area contributed by atoms with Gasteiger partial charge in [-0.1, -0.05) is 32.0 Å². The second-order valence-corrected chi connectivity index (χ2v) is 5.78. The van der Waals surface area contributed by atoms with E-state index >= 15 is 0 Å². The number of rotatable bonds is 5. The van der Waals surface area contributed by atoms with E-state index in [0.717, 1.165) is 27.8 Å². The van der Waals surface area contributed by atoms with E-state index < -0.39 is 0 Å². The molecule has 0 bridgehead atoms. The minimum absolute atomic E-state index is 0.353. The number of hydrogen-bond donors (Lipinski definition) is 1. The van der Waals surface area contributed by atoms with Gasteiger partial charge in [-0.25, -0.2) is 9.97 Å². The third kappa shape index (κ3) is 3.28. The van der Waals surface area contributed by atoms with E-state index in [4.69, 9.17) is 4.42 Å². The predicted octanol–water partition coefficient (Wildman–Crippen LogP) is 3.93. The molecular formula is C15H16N4OS. The van der Waals surface area contributed by atoms with Crippen molar-refractivity contribution < 1.29 is 4.42 Å². The van der Waals surface area contributed by atoms with Crippen molar-refractivity contribution in [2.24, 2.45) is 0 Å². The highest BCUT2D eigenvalue weighted by Gasteiger charge is 2.07. The number of benzene rings is 1. The van der Waals surface area contributed by atoms with Crippen molar-refractivity contribution in [2.45, 2.75) is 26.3 Å². The molecule has 0 unspecified atom stereocenters. The highest BCUT2D eigenvalue weighted by atomic mass is 32.1. The molecule has 0 fully saturated rings. The fraction of sp³-hybridized carbons (Fsp3) is 0.267. The summed E-state index contributed by atoms with van der Waals surface area (Å²) < 4.78 is 9.65. The van der Waals surface area contributed by atoms with Crippen molar-refractivity contribution in [1.29, 1.82) is 0 Å². The lowest BCUT2D eigenvalue weighted by atomic mass is 10.1. The summed E-state index contributed by atoms with van der Waals surface area (Å²) in [5.41, 5.74) is 2.18. The number of anilines is 1. The molecule has 0 spiro atoms. The Morgan fingerprint density at radius 3 is 2.95 bits per heavy atom.